The maximum atomic E-state index is 10.9. The zero-order chi connectivity index (χ0) is 23.5. The van der Waals surface area contributed by atoms with E-state index in [1.807, 2.05) is 13.1 Å². The first kappa shape index (κ1) is 22.9. The van der Waals surface area contributed by atoms with E-state index in [1.54, 1.807) is 47.1 Å². The molecule has 0 saturated carbocycles. The fraction of sp³-hybridized carbons (Fsp3) is 0.208. The van der Waals surface area contributed by atoms with Gasteiger partial charge in [0.15, 0.2) is 6.61 Å². The smallest absolute Gasteiger partial charge is 0.341 e. The fourth-order valence-electron chi connectivity index (χ4n) is 3.51. The number of aliphatic carboxylic acids is 1. The summed E-state index contributed by atoms with van der Waals surface area (Å²) < 4.78 is 13.0. The minimum Gasteiger partial charge on any atom is -0.480 e. The van der Waals surface area contributed by atoms with Gasteiger partial charge in [0.2, 0.25) is 5.88 Å². The fourth-order valence-corrected chi connectivity index (χ4v) is 3.85. The van der Waals surface area contributed by atoms with Gasteiger partial charge < -0.3 is 14.6 Å². The molecule has 4 aromatic rings. The molecule has 0 radical (unpaired) electrons. The molecule has 0 bridgehead atoms. The van der Waals surface area contributed by atoms with Crippen LogP contribution in [-0.2, 0) is 18.3 Å². The number of halogens is 2. The van der Waals surface area contributed by atoms with Crippen LogP contribution in [0.5, 0.6) is 17.4 Å². The number of hydrogen-bond donors (Lipinski definition) is 1. The molecule has 0 unspecified atom stereocenters. The van der Waals surface area contributed by atoms with Crippen molar-refractivity contribution in [2.24, 2.45) is 7.05 Å². The molecule has 2 aromatic heterocycles. The first-order valence-corrected chi connectivity index (χ1v) is 11.1. The Kier molecular flexibility index (Phi) is 6.72. The third-order valence-corrected chi connectivity index (χ3v) is 5.53. The molecule has 0 spiro atoms. The second-order valence-corrected chi connectivity index (χ2v) is 8.25. The Balaban J connectivity index is 1.76. The number of carboxylic acid groups (broad SMARTS) is 1. The van der Waals surface area contributed by atoms with Crippen molar-refractivity contribution in [2.75, 3.05) is 6.61 Å². The third-order valence-electron chi connectivity index (χ3n) is 4.98. The van der Waals surface area contributed by atoms with Gasteiger partial charge >= 0.3 is 5.97 Å². The van der Waals surface area contributed by atoms with Crippen molar-refractivity contribution in [3.8, 4) is 28.6 Å². The van der Waals surface area contributed by atoms with E-state index in [9.17, 15) is 4.79 Å². The van der Waals surface area contributed by atoms with E-state index in [1.165, 1.54) is 0 Å². The average molecular weight is 486 g/mol. The summed E-state index contributed by atoms with van der Waals surface area (Å²) >= 11 is 12.3. The summed E-state index contributed by atoms with van der Waals surface area (Å²) in [5.74, 6) is 0.315. The van der Waals surface area contributed by atoms with Gasteiger partial charge in [0, 0.05) is 29.1 Å². The minimum absolute atomic E-state index is 0.286. The highest BCUT2D eigenvalue weighted by atomic mass is 35.5. The number of nitrogens with zero attached hydrogens (tertiary/aromatic N) is 3. The zero-order valence-corrected chi connectivity index (χ0v) is 19.5. The first-order valence-electron chi connectivity index (χ1n) is 10.3. The lowest BCUT2D eigenvalue weighted by Crippen LogP contribution is -2.09. The van der Waals surface area contributed by atoms with Crippen LogP contribution in [-0.4, -0.2) is 32.4 Å². The molecule has 0 aliphatic heterocycles. The summed E-state index contributed by atoms with van der Waals surface area (Å²) in [4.78, 5) is 15.7. The number of benzene rings is 2. The second kappa shape index (κ2) is 9.68. The average Bonchev–Trinajstić information content (AvgIpc) is 3.09. The highest BCUT2D eigenvalue weighted by Gasteiger charge is 2.19. The number of ether oxygens (including phenoxy) is 2. The quantitative estimate of drug-likeness (QED) is 0.322. The van der Waals surface area contributed by atoms with E-state index >= 15 is 0 Å². The Labute approximate surface area is 200 Å². The number of aryl methyl sites for hydroxylation is 2. The Hall–Kier alpha value is -3.29. The number of hydrogen-bond acceptors (Lipinski definition) is 5. The van der Waals surface area contributed by atoms with E-state index in [2.05, 4.69) is 6.92 Å². The maximum absolute atomic E-state index is 10.9. The third kappa shape index (κ3) is 5.05. The molecule has 1 N–H and O–H groups in total. The molecule has 0 aliphatic rings. The molecule has 0 atom stereocenters. The summed E-state index contributed by atoms with van der Waals surface area (Å²) in [5, 5.41) is 15.4. The van der Waals surface area contributed by atoms with Crippen molar-refractivity contribution in [1.82, 2.24) is 14.8 Å². The van der Waals surface area contributed by atoms with Gasteiger partial charge in [-0.05, 0) is 48.9 Å². The summed E-state index contributed by atoms with van der Waals surface area (Å²) in [6.07, 6.45) is 1.61. The van der Waals surface area contributed by atoms with Crippen LogP contribution in [0.2, 0.25) is 10.0 Å². The number of pyridine rings is 1. The van der Waals surface area contributed by atoms with Gasteiger partial charge in [0.1, 0.15) is 17.2 Å². The van der Waals surface area contributed by atoms with Gasteiger partial charge in [-0.1, -0.05) is 36.5 Å². The lowest BCUT2D eigenvalue weighted by atomic mass is 10.0. The maximum Gasteiger partial charge on any atom is 0.341 e. The van der Waals surface area contributed by atoms with Crippen molar-refractivity contribution in [2.45, 2.75) is 19.8 Å². The molecule has 7 nitrogen and oxygen atoms in total. The van der Waals surface area contributed by atoms with Crippen LogP contribution < -0.4 is 9.47 Å². The van der Waals surface area contributed by atoms with Crippen LogP contribution in [0.3, 0.4) is 0 Å². The molecule has 33 heavy (non-hydrogen) atoms. The van der Waals surface area contributed by atoms with Crippen LogP contribution in [0.1, 0.15) is 19.0 Å². The number of rotatable bonds is 8. The van der Waals surface area contributed by atoms with E-state index in [0.29, 0.717) is 27.4 Å². The van der Waals surface area contributed by atoms with Gasteiger partial charge in [-0.2, -0.15) is 5.10 Å². The molecule has 9 heteroatoms. The van der Waals surface area contributed by atoms with Crippen LogP contribution in [0.15, 0.2) is 48.5 Å². The standard InChI is InChI=1S/C24H21Cl2N3O4/c1-3-4-19-16(9-10-22(27-19)33-15-7-5-14(25)6-8-15)24-17-11-21(32-13-23(30)31)18(26)12-20(17)29(2)28-24/h5-12H,3-4,13H2,1-2H3,(H,30,31). The van der Waals surface area contributed by atoms with Gasteiger partial charge in [-0.25, -0.2) is 9.78 Å². The summed E-state index contributed by atoms with van der Waals surface area (Å²) in [6, 6.07) is 14.2. The number of carboxylic acids is 1. The van der Waals surface area contributed by atoms with Crippen LogP contribution in [0.25, 0.3) is 22.2 Å². The largest absolute Gasteiger partial charge is 0.480 e. The molecular weight excluding hydrogens is 465 g/mol. The molecule has 0 aliphatic carbocycles. The SMILES string of the molecule is CCCc1nc(Oc2ccc(Cl)cc2)ccc1-c1nn(C)c2cc(Cl)c(OCC(=O)O)cc12. The van der Waals surface area contributed by atoms with E-state index in [4.69, 9.17) is 47.9 Å². The molecule has 170 valence electrons. The van der Waals surface area contributed by atoms with Gasteiger partial charge in [0.25, 0.3) is 0 Å². The molecule has 2 aromatic carbocycles. The normalized spacial score (nSPS) is 11.0. The first-order chi connectivity index (χ1) is 15.9. The highest BCUT2D eigenvalue weighted by molar-refractivity contribution is 6.33. The predicted octanol–water partition coefficient (Wildman–Crippen LogP) is 6.15. The summed E-state index contributed by atoms with van der Waals surface area (Å²) in [5.41, 5.74) is 3.20. The van der Waals surface area contributed by atoms with Crippen LogP contribution in [0.4, 0.5) is 0 Å². The summed E-state index contributed by atoms with van der Waals surface area (Å²) in [7, 11) is 1.82. The Morgan fingerprint density at radius 1 is 1.12 bits per heavy atom. The van der Waals surface area contributed by atoms with Crippen molar-refractivity contribution >= 4 is 40.1 Å². The van der Waals surface area contributed by atoms with E-state index in [0.717, 1.165) is 35.0 Å². The van der Waals surface area contributed by atoms with Crippen molar-refractivity contribution < 1.29 is 19.4 Å². The second-order valence-electron chi connectivity index (χ2n) is 7.40. The van der Waals surface area contributed by atoms with Gasteiger partial charge in [-0.15, -0.1) is 0 Å². The molecule has 0 saturated heterocycles. The molecule has 4 rings (SSSR count). The predicted molar refractivity (Wildman–Crippen MR) is 128 cm³/mol. The Bertz CT molecular complexity index is 1320. The minimum atomic E-state index is -1.08. The van der Waals surface area contributed by atoms with E-state index < -0.39 is 12.6 Å². The Morgan fingerprint density at radius 2 is 1.88 bits per heavy atom. The topological polar surface area (TPSA) is 86.5 Å². The lowest BCUT2D eigenvalue weighted by molar-refractivity contribution is -0.139. The lowest BCUT2D eigenvalue weighted by Gasteiger charge is -2.11. The van der Waals surface area contributed by atoms with Crippen LogP contribution >= 0.6 is 23.2 Å². The number of carbonyl (C=O) groups is 1. The number of aromatic nitrogens is 3. The molecule has 2 heterocycles. The zero-order valence-electron chi connectivity index (χ0n) is 18.0. The van der Waals surface area contributed by atoms with Gasteiger partial charge in [-0.3, -0.25) is 4.68 Å². The molecular formula is C24H21Cl2N3O4. The molecule has 0 fully saturated rings. The van der Waals surface area contributed by atoms with Crippen molar-refractivity contribution in [3.63, 3.8) is 0 Å². The Morgan fingerprint density at radius 3 is 2.58 bits per heavy atom. The van der Waals surface area contributed by atoms with Crippen molar-refractivity contribution in [1.29, 1.82) is 0 Å². The highest BCUT2D eigenvalue weighted by Crippen LogP contribution is 2.37. The van der Waals surface area contributed by atoms with Crippen molar-refractivity contribution in [3.05, 3.63) is 64.3 Å². The molecule has 0 amide bonds. The van der Waals surface area contributed by atoms with Gasteiger partial charge in [0.05, 0.1) is 16.2 Å². The van der Waals surface area contributed by atoms with E-state index in [-0.39, 0.29) is 5.75 Å². The van der Waals surface area contributed by atoms with Crippen LogP contribution in [0, 0.1) is 0 Å². The monoisotopic (exact) mass is 485 g/mol. The number of fused-ring (bicyclic) bond motifs is 1. The summed E-state index contributed by atoms with van der Waals surface area (Å²) in [6.45, 7) is 1.59.